The largest absolute Gasteiger partial charge is 0.341 e. The van der Waals surface area contributed by atoms with Crippen molar-refractivity contribution in [1.29, 1.82) is 0 Å². The van der Waals surface area contributed by atoms with Gasteiger partial charge < -0.3 is 4.90 Å². The normalized spacial score (nSPS) is 21.7. The third-order valence-corrected chi connectivity index (χ3v) is 6.01. The van der Waals surface area contributed by atoms with Gasteiger partial charge in [0.2, 0.25) is 5.91 Å². The Kier molecular flexibility index (Phi) is 5.25. The van der Waals surface area contributed by atoms with Crippen LogP contribution in [0.15, 0.2) is 29.1 Å². The summed E-state index contributed by atoms with van der Waals surface area (Å²) < 4.78 is 1.71. The number of aromatic nitrogens is 2. The molecule has 0 spiro atoms. The average molecular weight is 368 g/mol. The second kappa shape index (κ2) is 7.80. The smallest absolute Gasteiger partial charge is 0.261 e. The molecule has 0 bridgehead atoms. The number of carbonyl (C=O) groups excluding carboxylic acids is 1. The summed E-state index contributed by atoms with van der Waals surface area (Å²) >= 11 is 0. The number of likely N-dealkylation sites (tertiary alicyclic amines) is 2. The van der Waals surface area contributed by atoms with Crippen LogP contribution in [0.4, 0.5) is 0 Å². The molecule has 2 aliphatic heterocycles. The summed E-state index contributed by atoms with van der Waals surface area (Å²) in [6, 6.07) is 7.71. The van der Waals surface area contributed by atoms with Crippen LogP contribution in [-0.2, 0) is 11.8 Å². The van der Waals surface area contributed by atoms with Gasteiger partial charge in [0.05, 0.1) is 16.9 Å². The number of fused-ring (bicyclic) bond motifs is 1. The predicted molar refractivity (Wildman–Crippen MR) is 106 cm³/mol. The molecule has 6 heteroatoms. The highest BCUT2D eigenvalue weighted by atomic mass is 16.2. The topological polar surface area (TPSA) is 58.4 Å². The Balaban J connectivity index is 1.55. The Morgan fingerprint density at radius 3 is 2.78 bits per heavy atom. The summed E-state index contributed by atoms with van der Waals surface area (Å²) in [6.07, 6.45) is 6.07. The molecular weight excluding hydrogens is 340 g/mol. The number of amides is 1. The third-order valence-electron chi connectivity index (χ3n) is 6.01. The van der Waals surface area contributed by atoms with E-state index >= 15 is 0 Å². The van der Waals surface area contributed by atoms with E-state index in [0.717, 1.165) is 69.6 Å². The highest BCUT2D eigenvalue weighted by Gasteiger charge is 2.30. The minimum atomic E-state index is 0.0187. The van der Waals surface area contributed by atoms with Crippen molar-refractivity contribution < 1.29 is 4.79 Å². The van der Waals surface area contributed by atoms with Gasteiger partial charge in [-0.05, 0) is 44.4 Å². The van der Waals surface area contributed by atoms with Crippen LogP contribution in [0.5, 0.6) is 0 Å². The van der Waals surface area contributed by atoms with Crippen molar-refractivity contribution in [2.75, 3.05) is 26.2 Å². The van der Waals surface area contributed by atoms with Crippen LogP contribution in [0.2, 0.25) is 0 Å². The van der Waals surface area contributed by atoms with E-state index in [-0.39, 0.29) is 11.6 Å². The Morgan fingerprint density at radius 2 is 1.89 bits per heavy atom. The number of nitrogens with zero attached hydrogens (tertiary/aromatic N) is 4. The molecule has 6 nitrogen and oxygen atoms in total. The van der Waals surface area contributed by atoms with Crippen LogP contribution in [0.25, 0.3) is 10.9 Å². The number of rotatable bonds is 4. The molecule has 1 amide bonds. The first kappa shape index (κ1) is 18.2. The van der Waals surface area contributed by atoms with Gasteiger partial charge >= 0.3 is 0 Å². The molecule has 1 aromatic heterocycles. The predicted octanol–water partition coefficient (Wildman–Crippen LogP) is 2.47. The molecule has 0 N–H and O–H groups in total. The molecule has 1 atom stereocenters. The lowest BCUT2D eigenvalue weighted by molar-refractivity contribution is -0.130. The molecule has 1 aromatic carbocycles. The molecule has 4 rings (SSSR count). The molecule has 2 saturated heterocycles. The fourth-order valence-corrected chi connectivity index (χ4v) is 4.44. The van der Waals surface area contributed by atoms with E-state index in [1.165, 1.54) is 0 Å². The van der Waals surface area contributed by atoms with Gasteiger partial charge in [-0.3, -0.25) is 19.1 Å². The molecule has 144 valence electrons. The van der Waals surface area contributed by atoms with Crippen LogP contribution in [0, 0.1) is 0 Å². The lowest BCUT2D eigenvalue weighted by Crippen LogP contribution is -2.39. The van der Waals surface area contributed by atoms with Crippen LogP contribution in [0.1, 0.15) is 50.4 Å². The van der Waals surface area contributed by atoms with Crippen LogP contribution < -0.4 is 5.56 Å². The van der Waals surface area contributed by atoms with E-state index in [2.05, 4.69) is 4.90 Å². The van der Waals surface area contributed by atoms with Crippen molar-refractivity contribution in [2.24, 2.45) is 7.05 Å². The number of hydrogen-bond donors (Lipinski definition) is 0. The van der Waals surface area contributed by atoms with E-state index in [1.807, 2.05) is 36.2 Å². The molecule has 1 unspecified atom stereocenters. The lowest BCUT2D eigenvalue weighted by Gasteiger charge is -2.28. The zero-order valence-electron chi connectivity index (χ0n) is 16.1. The van der Waals surface area contributed by atoms with Crippen molar-refractivity contribution in [3.63, 3.8) is 0 Å². The van der Waals surface area contributed by atoms with Crippen molar-refractivity contribution in [1.82, 2.24) is 19.4 Å². The standard InChI is InChI=1S/C21H28N4O2/c1-23-20(22-17-9-5-4-8-16(17)21(23)27)18-10-7-13-24(18)14-15-25-12-6-2-3-11-19(25)26/h4-5,8-9,18H,2-3,6-7,10-15H2,1H3. The Hall–Kier alpha value is -2.21. The zero-order chi connectivity index (χ0) is 18.8. The second-order valence-electron chi connectivity index (χ2n) is 7.74. The van der Waals surface area contributed by atoms with Gasteiger partial charge in [0.1, 0.15) is 5.82 Å². The van der Waals surface area contributed by atoms with E-state index < -0.39 is 0 Å². The molecule has 2 fully saturated rings. The molecule has 0 saturated carbocycles. The first-order valence-corrected chi connectivity index (χ1v) is 10.1. The minimum Gasteiger partial charge on any atom is -0.341 e. The molecule has 0 radical (unpaired) electrons. The maximum absolute atomic E-state index is 12.8. The SMILES string of the molecule is Cn1c(C2CCCN2CCN2CCCCCC2=O)nc2ccccc2c1=O. The quantitative estimate of drug-likeness (QED) is 0.832. The highest BCUT2D eigenvalue weighted by Crippen LogP contribution is 2.30. The number of hydrogen-bond acceptors (Lipinski definition) is 4. The van der Waals surface area contributed by atoms with E-state index in [0.29, 0.717) is 17.7 Å². The number of benzene rings is 1. The van der Waals surface area contributed by atoms with Crippen molar-refractivity contribution in [3.05, 3.63) is 40.4 Å². The summed E-state index contributed by atoms with van der Waals surface area (Å²) in [5, 5.41) is 0.670. The van der Waals surface area contributed by atoms with Gasteiger partial charge in [-0.25, -0.2) is 4.98 Å². The van der Waals surface area contributed by atoms with Crippen LogP contribution in [-0.4, -0.2) is 51.4 Å². The Labute approximate surface area is 159 Å². The van der Waals surface area contributed by atoms with Crippen LogP contribution >= 0.6 is 0 Å². The summed E-state index contributed by atoms with van der Waals surface area (Å²) in [4.78, 5) is 34.3. The van der Waals surface area contributed by atoms with Gasteiger partial charge in [-0.15, -0.1) is 0 Å². The zero-order valence-corrected chi connectivity index (χ0v) is 16.1. The maximum atomic E-state index is 12.8. The number of para-hydroxylation sites is 1. The summed E-state index contributed by atoms with van der Waals surface area (Å²) in [6.45, 7) is 3.50. The Morgan fingerprint density at radius 1 is 1.04 bits per heavy atom. The first-order valence-electron chi connectivity index (χ1n) is 10.1. The fraction of sp³-hybridized carbons (Fsp3) is 0.571. The van der Waals surface area contributed by atoms with Gasteiger partial charge in [-0.1, -0.05) is 18.6 Å². The van der Waals surface area contributed by atoms with Gasteiger partial charge in [0.15, 0.2) is 0 Å². The average Bonchev–Trinajstić information content (AvgIpc) is 3.05. The molecule has 3 heterocycles. The van der Waals surface area contributed by atoms with E-state index in [9.17, 15) is 9.59 Å². The number of carbonyl (C=O) groups is 1. The van der Waals surface area contributed by atoms with Crippen LogP contribution in [0.3, 0.4) is 0 Å². The second-order valence-corrected chi connectivity index (χ2v) is 7.74. The van der Waals surface area contributed by atoms with Crippen molar-refractivity contribution in [3.8, 4) is 0 Å². The fourth-order valence-electron chi connectivity index (χ4n) is 4.44. The van der Waals surface area contributed by atoms with Gasteiger partial charge in [0.25, 0.3) is 5.56 Å². The Bertz CT molecular complexity index is 891. The lowest BCUT2D eigenvalue weighted by atomic mass is 10.1. The van der Waals surface area contributed by atoms with Gasteiger partial charge in [-0.2, -0.15) is 0 Å². The first-order chi connectivity index (χ1) is 13.1. The minimum absolute atomic E-state index is 0.0187. The third kappa shape index (κ3) is 3.63. The maximum Gasteiger partial charge on any atom is 0.261 e. The molecule has 2 aliphatic rings. The molecular formula is C21H28N4O2. The van der Waals surface area contributed by atoms with Crippen molar-refractivity contribution >= 4 is 16.8 Å². The molecule has 27 heavy (non-hydrogen) atoms. The van der Waals surface area contributed by atoms with Gasteiger partial charge in [0, 0.05) is 33.1 Å². The highest BCUT2D eigenvalue weighted by molar-refractivity contribution is 5.77. The van der Waals surface area contributed by atoms with E-state index in [4.69, 9.17) is 4.98 Å². The summed E-state index contributed by atoms with van der Waals surface area (Å²) in [7, 11) is 1.83. The molecule has 0 aliphatic carbocycles. The van der Waals surface area contributed by atoms with E-state index in [1.54, 1.807) is 4.57 Å². The summed E-state index contributed by atoms with van der Waals surface area (Å²) in [5.41, 5.74) is 0.787. The van der Waals surface area contributed by atoms with Crippen molar-refractivity contribution in [2.45, 2.75) is 44.6 Å². The molecule has 2 aromatic rings. The summed E-state index contributed by atoms with van der Waals surface area (Å²) in [5.74, 6) is 1.14. The monoisotopic (exact) mass is 368 g/mol.